The highest BCUT2D eigenvalue weighted by atomic mass is 16.5. The van der Waals surface area contributed by atoms with Crippen molar-refractivity contribution in [3.05, 3.63) is 17.7 Å². The van der Waals surface area contributed by atoms with E-state index in [-0.39, 0.29) is 11.9 Å². The molecule has 1 fully saturated rings. The first kappa shape index (κ1) is 27.6. The molecule has 2 atom stereocenters. The fraction of sp³-hybridized carbons (Fsp3) is 0.654. The van der Waals surface area contributed by atoms with Crippen LogP contribution in [0.15, 0.2) is 17.1 Å². The van der Waals surface area contributed by atoms with Crippen LogP contribution in [0, 0.1) is 0 Å². The lowest BCUT2D eigenvalue weighted by atomic mass is 10.1. The van der Waals surface area contributed by atoms with E-state index < -0.39 is 12.2 Å². The number of nitrogens with zero attached hydrogens (tertiary/aromatic N) is 5. The van der Waals surface area contributed by atoms with Crippen LogP contribution in [0.2, 0.25) is 0 Å². The molecule has 0 spiro atoms. The van der Waals surface area contributed by atoms with Gasteiger partial charge in [-0.15, -0.1) is 0 Å². The molecule has 200 valence electrons. The summed E-state index contributed by atoms with van der Waals surface area (Å²) >= 11 is 0. The Morgan fingerprint density at radius 3 is 2.14 bits per heavy atom. The van der Waals surface area contributed by atoms with Crippen LogP contribution in [-0.4, -0.2) is 106 Å². The molecule has 0 bridgehead atoms. The zero-order valence-electron chi connectivity index (χ0n) is 22.5. The van der Waals surface area contributed by atoms with Crippen molar-refractivity contribution in [2.24, 2.45) is 4.99 Å². The summed E-state index contributed by atoms with van der Waals surface area (Å²) in [5.41, 5.74) is 1.11. The zero-order chi connectivity index (χ0) is 26.2. The Morgan fingerprint density at radius 1 is 0.917 bits per heavy atom. The van der Waals surface area contributed by atoms with Crippen molar-refractivity contribution in [1.82, 2.24) is 19.6 Å². The lowest BCUT2D eigenvalue weighted by Gasteiger charge is -2.40. The molecule has 0 N–H and O–H groups in total. The van der Waals surface area contributed by atoms with Crippen LogP contribution < -0.4 is 14.2 Å². The van der Waals surface area contributed by atoms with Gasteiger partial charge in [-0.25, -0.2) is 9.79 Å². The third-order valence-corrected chi connectivity index (χ3v) is 6.92. The monoisotopic (exact) mass is 503 g/mol. The molecule has 0 saturated carbocycles. The molecule has 1 aromatic carbocycles. The second kappa shape index (κ2) is 12.8. The molecule has 3 amide bonds. The molecular weight excluding hydrogens is 462 g/mol. The number of likely N-dealkylation sites (N-methyl/N-ethyl adjacent to an activating group) is 2. The van der Waals surface area contributed by atoms with Gasteiger partial charge < -0.3 is 28.9 Å². The lowest BCUT2D eigenvalue weighted by Crippen LogP contribution is -2.64. The maximum Gasteiger partial charge on any atom is 0.328 e. The number of benzene rings is 1. The van der Waals surface area contributed by atoms with Gasteiger partial charge in [0.2, 0.25) is 5.75 Å². The zero-order valence-corrected chi connectivity index (χ0v) is 22.5. The topological polar surface area (TPSA) is 87.2 Å². The Kier molecular flexibility index (Phi) is 9.81. The van der Waals surface area contributed by atoms with Crippen LogP contribution in [0.4, 0.5) is 4.79 Å². The van der Waals surface area contributed by atoms with Gasteiger partial charge in [-0.1, -0.05) is 25.7 Å². The van der Waals surface area contributed by atoms with Crippen molar-refractivity contribution in [1.29, 1.82) is 0 Å². The first-order valence-corrected chi connectivity index (χ1v) is 12.6. The Bertz CT molecular complexity index is 914. The number of carbonyl (C=O) groups is 2. The van der Waals surface area contributed by atoms with Gasteiger partial charge in [0.25, 0.3) is 5.91 Å². The van der Waals surface area contributed by atoms with Gasteiger partial charge in [0, 0.05) is 27.2 Å². The molecule has 10 nitrogen and oxygen atoms in total. The number of unbranched alkanes of at least 4 members (excludes halogenated alkanes) is 5. The first-order valence-electron chi connectivity index (χ1n) is 12.6. The van der Waals surface area contributed by atoms with Crippen molar-refractivity contribution < 1.29 is 23.8 Å². The number of carbonyl (C=O) groups excluding carboxylic acids is 2. The molecular formula is C26H41N5O5. The number of amides is 3. The molecule has 2 aliphatic rings. The Balaban J connectivity index is 1.32. The van der Waals surface area contributed by atoms with Gasteiger partial charge in [0.1, 0.15) is 0 Å². The quantitative estimate of drug-likeness (QED) is 0.361. The Hall–Kier alpha value is -3.01. The van der Waals surface area contributed by atoms with Gasteiger partial charge in [0.15, 0.2) is 23.7 Å². The Morgan fingerprint density at radius 2 is 1.53 bits per heavy atom. The SMILES string of the molecule is COc1cc(CN(C)CCCCCCCCN2C(=O)C3C(N=CN3C)N(C)C2=O)cc(OC)c1OC. The number of ether oxygens (including phenoxy) is 3. The number of urea groups is 1. The van der Waals surface area contributed by atoms with Gasteiger partial charge >= 0.3 is 6.03 Å². The van der Waals surface area contributed by atoms with E-state index in [4.69, 9.17) is 14.2 Å². The largest absolute Gasteiger partial charge is 0.493 e. The molecule has 2 unspecified atom stereocenters. The summed E-state index contributed by atoms with van der Waals surface area (Å²) in [7, 11) is 10.5. The minimum absolute atomic E-state index is 0.141. The highest BCUT2D eigenvalue weighted by Crippen LogP contribution is 2.38. The summed E-state index contributed by atoms with van der Waals surface area (Å²) < 4.78 is 16.3. The van der Waals surface area contributed by atoms with E-state index in [0.717, 1.165) is 57.2 Å². The summed E-state index contributed by atoms with van der Waals surface area (Å²) in [5.74, 6) is 1.81. The molecule has 0 radical (unpaired) electrons. The van der Waals surface area contributed by atoms with E-state index in [1.54, 1.807) is 44.5 Å². The van der Waals surface area contributed by atoms with Gasteiger partial charge in [-0.05, 0) is 44.1 Å². The molecule has 2 heterocycles. The standard InChI is InChI=1S/C26H41N5O5/c1-28(17-19-15-20(34-4)23(36-6)21(16-19)35-5)13-11-9-7-8-10-12-14-31-25(32)22-24(27-18-29(22)2)30(3)26(31)33/h15-16,18,22,24H,7-14,17H2,1-6H3. The van der Waals surface area contributed by atoms with Gasteiger partial charge in [-0.2, -0.15) is 0 Å². The minimum Gasteiger partial charge on any atom is -0.493 e. The predicted molar refractivity (Wildman–Crippen MR) is 139 cm³/mol. The molecule has 0 aromatic heterocycles. The molecule has 36 heavy (non-hydrogen) atoms. The fourth-order valence-electron chi connectivity index (χ4n) is 4.89. The van der Waals surface area contributed by atoms with Crippen LogP contribution in [0.3, 0.4) is 0 Å². The number of rotatable bonds is 14. The molecule has 10 heteroatoms. The van der Waals surface area contributed by atoms with Gasteiger partial charge in [-0.3, -0.25) is 9.69 Å². The van der Waals surface area contributed by atoms with E-state index in [1.807, 2.05) is 19.2 Å². The minimum atomic E-state index is -0.404. The van der Waals surface area contributed by atoms with Crippen LogP contribution in [0.1, 0.15) is 44.1 Å². The maximum atomic E-state index is 12.8. The van der Waals surface area contributed by atoms with Crippen molar-refractivity contribution in [2.45, 2.75) is 57.3 Å². The summed E-state index contributed by atoms with van der Waals surface area (Å²) in [5, 5.41) is 0. The van der Waals surface area contributed by atoms with E-state index in [1.165, 1.54) is 4.90 Å². The number of methoxy groups -OCH3 is 3. The highest BCUT2D eigenvalue weighted by molar-refractivity contribution is 6.01. The van der Waals surface area contributed by atoms with E-state index >= 15 is 0 Å². The molecule has 0 aliphatic carbocycles. The van der Waals surface area contributed by atoms with Crippen LogP contribution in [0.5, 0.6) is 17.2 Å². The lowest BCUT2D eigenvalue weighted by molar-refractivity contribution is -0.137. The van der Waals surface area contributed by atoms with E-state index in [2.05, 4.69) is 16.9 Å². The number of fused-ring (bicyclic) bond motifs is 1. The second-order valence-corrected chi connectivity index (χ2v) is 9.56. The fourth-order valence-corrected chi connectivity index (χ4v) is 4.89. The number of aliphatic imine (C=N–C) groups is 1. The third-order valence-electron chi connectivity index (χ3n) is 6.92. The predicted octanol–water partition coefficient (Wildman–Crippen LogP) is 3.05. The van der Waals surface area contributed by atoms with E-state index in [9.17, 15) is 9.59 Å². The summed E-state index contributed by atoms with van der Waals surface area (Å²) in [6.07, 6.45) is 7.57. The summed E-state index contributed by atoms with van der Waals surface area (Å²) in [4.78, 5) is 36.8. The van der Waals surface area contributed by atoms with Crippen LogP contribution in [-0.2, 0) is 11.3 Å². The van der Waals surface area contributed by atoms with Crippen molar-refractivity contribution in [3.8, 4) is 17.2 Å². The van der Waals surface area contributed by atoms with Crippen LogP contribution in [0.25, 0.3) is 0 Å². The first-order chi connectivity index (χ1) is 17.3. The average Bonchev–Trinajstić information content (AvgIpc) is 3.26. The number of imide groups is 1. The van der Waals surface area contributed by atoms with Crippen molar-refractivity contribution >= 4 is 18.3 Å². The maximum absolute atomic E-state index is 12.8. The summed E-state index contributed by atoms with van der Waals surface area (Å²) in [6.45, 7) is 2.26. The number of hydrogen-bond acceptors (Lipinski definition) is 8. The van der Waals surface area contributed by atoms with Crippen molar-refractivity contribution in [2.75, 3.05) is 55.6 Å². The average molecular weight is 504 g/mol. The third kappa shape index (κ3) is 6.21. The molecule has 2 aliphatic heterocycles. The van der Waals surface area contributed by atoms with Gasteiger partial charge in [0.05, 0.1) is 27.7 Å². The highest BCUT2D eigenvalue weighted by Gasteiger charge is 2.48. The van der Waals surface area contributed by atoms with E-state index in [0.29, 0.717) is 23.8 Å². The number of hydrogen-bond donors (Lipinski definition) is 0. The van der Waals surface area contributed by atoms with Crippen molar-refractivity contribution in [3.63, 3.8) is 0 Å². The second-order valence-electron chi connectivity index (χ2n) is 9.56. The smallest absolute Gasteiger partial charge is 0.328 e. The Labute approximate surface area is 214 Å². The normalized spacial score (nSPS) is 19.4. The molecule has 3 rings (SSSR count). The molecule has 1 saturated heterocycles. The summed E-state index contributed by atoms with van der Waals surface area (Å²) in [6, 6.07) is 3.34. The van der Waals surface area contributed by atoms with Crippen LogP contribution >= 0.6 is 0 Å². The molecule has 1 aromatic rings.